The highest BCUT2D eigenvalue weighted by molar-refractivity contribution is 5.94. The summed E-state index contributed by atoms with van der Waals surface area (Å²) in [5, 5.41) is 11.3. The Hall–Kier alpha value is -2.65. The van der Waals surface area contributed by atoms with Crippen LogP contribution in [0.3, 0.4) is 0 Å². The number of rotatable bonds is 3. The van der Waals surface area contributed by atoms with E-state index in [4.69, 9.17) is 0 Å². The van der Waals surface area contributed by atoms with Gasteiger partial charge in [0, 0.05) is 24.4 Å². The predicted octanol–water partition coefficient (Wildman–Crippen LogP) is 1.15. The van der Waals surface area contributed by atoms with Crippen molar-refractivity contribution in [1.29, 1.82) is 0 Å². The molecule has 0 radical (unpaired) electrons. The SMILES string of the molecule is Cc1nn(C)c(C)c1C(NC(=O)c1cn[nH]c(=O)c1)C(F)(F)F. The Morgan fingerprint density at radius 1 is 1.39 bits per heavy atom. The van der Waals surface area contributed by atoms with E-state index in [9.17, 15) is 22.8 Å². The van der Waals surface area contributed by atoms with Crippen molar-refractivity contribution in [1.82, 2.24) is 25.3 Å². The summed E-state index contributed by atoms with van der Waals surface area (Å²) in [7, 11) is 1.52. The lowest BCUT2D eigenvalue weighted by molar-refractivity contribution is -0.155. The molecular weight excluding hydrogens is 315 g/mol. The van der Waals surface area contributed by atoms with Crippen LogP contribution < -0.4 is 10.9 Å². The number of hydrogen-bond acceptors (Lipinski definition) is 4. The number of aromatic nitrogens is 4. The van der Waals surface area contributed by atoms with Gasteiger partial charge >= 0.3 is 6.18 Å². The van der Waals surface area contributed by atoms with Gasteiger partial charge in [-0.05, 0) is 13.8 Å². The number of aromatic amines is 1. The zero-order valence-corrected chi connectivity index (χ0v) is 12.5. The summed E-state index contributed by atoms with van der Waals surface area (Å²) >= 11 is 0. The lowest BCUT2D eigenvalue weighted by Gasteiger charge is -2.22. The van der Waals surface area contributed by atoms with Gasteiger partial charge in [0.15, 0.2) is 6.04 Å². The Morgan fingerprint density at radius 3 is 2.52 bits per heavy atom. The van der Waals surface area contributed by atoms with E-state index in [1.165, 1.54) is 25.6 Å². The van der Waals surface area contributed by atoms with Crippen LogP contribution in [0.15, 0.2) is 17.1 Å². The van der Waals surface area contributed by atoms with Crippen LogP contribution in [-0.4, -0.2) is 32.1 Å². The molecule has 2 heterocycles. The molecule has 2 aromatic rings. The van der Waals surface area contributed by atoms with Crippen molar-refractivity contribution in [3.8, 4) is 0 Å². The summed E-state index contributed by atoms with van der Waals surface area (Å²) in [6, 6.07) is -1.36. The van der Waals surface area contributed by atoms with E-state index >= 15 is 0 Å². The van der Waals surface area contributed by atoms with Gasteiger partial charge in [0.05, 0.1) is 17.5 Å². The van der Waals surface area contributed by atoms with Gasteiger partial charge in [0.25, 0.3) is 11.5 Å². The largest absolute Gasteiger partial charge is 0.413 e. The number of halogens is 3. The minimum absolute atomic E-state index is 0.119. The molecule has 0 spiro atoms. The number of carbonyl (C=O) groups excluding carboxylic acids is 1. The van der Waals surface area contributed by atoms with E-state index in [0.29, 0.717) is 0 Å². The molecule has 0 aliphatic carbocycles. The van der Waals surface area contributed by atoms with Gasteiger partial charge in [0.2, 0.25) is 0 Å². The van der Waals surface area contributed by atoms with E-state index < -0.39 is 23.7 Å². The van der Waals surface area contributed by atoms with Crippen LogP contribution in [0, 0.1) is 13.8 Å². The fourth-order valence-electron chi connectivity index (χ4n) is 2.24. The van der Waals surface area contributed by atoms with Gasteiger partial charge in [-0.3, -0.25) is 14.3 Å². The summed E-state index contributed by atoms with van der Waals surface area (Å²) in [6.07, 6.45) is -3.74. The highest BCUT2D eigenvalue weighted by Gasteiger charge is 2.44. The second-order valence-electron chi connectivity index (χ2n) is 4.99. The summed E-state index contributed by atoms with van der Waals surface area (Å²) in [6.45, 7) is 2.91. The fourth-order valence-corrected chi connectivity index (χ4v) is 2.24. The Bertz CT molecular complexity index is 794. The minimum Gasteiger partial charge on any atom is -0.337 e. The molecule has 2 rings (SSSR count). The number of nitrogens with zero attached hydrogens (tertiary/aromatic N) is 3. The number of amides is 1. The molecule has 0 saturated carbocycles. The average Bonchev–Trinajstić information content (AvgIpc) is 2.68. The summed E-state index contributed by atoms with van der Waals surface area (Å²) < 4.78 is 41.5. The molecule has 0 saturated heterocycles. The van der Waals surface area contributed by atoms with Gasteiger partial charge in [-0.1, -0.05) is 0 Å². The number of H-pyrrole nitrogens is 1. The Kier molecular flexibility index (Phi) is 4.26. The summed E-state index contributed by atoms with van der Waals surface area (Å²) in [5.74, 6) is -1.05. The first-order valence-electron chi connectivity index (χ1n) is 6.53. The molecule has 0 aliphatic heterocycles. The molecule has 1 unspecified atom stereocenters. The van der Waals surface area contributed by atoms with Gasteiger partial charge in [0.1, 0.15) is 0 Å². The molecule has 0 fully saturated rings. The molecule has 0 aromatic carbocycles. The molecule has 124 valence electrons. The van der Waals surface area contributed by atoms with Crippen molar-refractivity contribution in [2.24, 2.45) is 7.05 Å². The van der Waals surface area contributed by atoms with Crippen LogP contribution in [0.25, 0.3) is 0 Å². The van der Waals surface area contributed by atoms with E-state index in [1.807, 2.05) is 10.4 Å². The van der Waals surface area contributed by atoms with Crippen molar-refractivity contribution in [3.63, 3.8) is 0 Å². The molecule has 0 bridgehead atoms. The van der Waals surface area contributed by atoms with E-state index in [0.717, 1.165) is 12.3 Å². The average molecular weight is 329 g/mol. The first-order chi connectivity index (χ1) is 10.6. The molecule has 1 atom stereocenters. The molecule has 7 nitrogen and oxygen atoms in total. The number of alkyl halides is 3. The van der Waals surface area contributed by atoms with Crippen molar-refractivity contribution in [2.75, 3.05) is 0 Å². The normalized spacial score (nSPS) is 13.0. The molecular formula is C13H14F3N5O2. The second-order valence-corrected chi connectivity index (χ2v) is 4.99. The summed E-state index contributed by atoms with van der Waals surface area (Å²) in [5.41, 5.74) is -0.617. The van der Waals surface area contributed by atoms with E-state index in [2.05, 4.69) is 10.2 Å². The molecule has 0 aliphatic rings. The third-order valence-electron chi connectivity index (χ3n) is 3.38. The Labute approximate surface area is 128 Å². The topological polar surface area (TPSA) is 92.7 Å². The molecule has 2 aromatic heterocycles. The second kappa shape index (κ2) is 5.86. The van der Waals surface area contributed by atoms with E-state index in [-0.39, 0.29) is 22.5 Å². The van der Waals surface area contributed by atoms with Gasteiger partial charge in [-0.15, -0.1) is 0 Å². The first kappa shape index (κ1) is 16.7. The number of carbonyl (C=O) groups is 1. The van der Waals surface area contributed by atoms with Crippen LogP contribution in [0.1, 0.15) is 33.4 Å². The Balaban J connectivity index is 2.41. The maximum Gasteiger partial charge on any atom is 0.413 e. The smallest absolute Gasteiger partial charge is 0.337 e. The zero-order valence-electron chi connectivity index (χ0n) is 12.5. The van der Waals surface area contributed by atoms with Crippen LogP contribution in [0.2, 0.25) is 0 Å². The predicted molar refractivity (Wildman–Crippen MR) is 73.8 cm³/mol. The maximum atomic E-state index is 13.4. The Morgan fingerprint density at radius 2 is 2.04 bits per heavy atom. The minimum atomic E-state index is -4.72. The number of aryl methyl sites for hydroxylation is 2. The third kappa shape index (κ3) is 3.41. The standard InChI is InChI=1S/C13H14F3N5O2/c1-6-10(7(2)21(3)20-6)11(13(14,15)16)18-12(23)8-4-9(22)19-17-5-8/h4-5,11H,1-3H3,(H,18,23)(H,19,22). The lowest BCUT2D eigenvalue weighted by Crippen LogP contribution is -2.39. The van der Waals surface area contributed by atoms with Crippen molar-refractivity contribution >= 4 is 5.91 Å². The van der Waals surface area contributed by atoms with Crippen molar-refractivity contribution in [3.05, 3.63) is 45.1 Å². The van der Waals surface area contributed by atoms with Crippen LogP contribution in [0.4, 0.5) is 13.2 Å². The first-order valence-corrected chi connectivity index (χ1v) is 6.53. The summed E-state index contributed by atoms with van der Waals surface area (Å²) in [4.78, 5) is 23.2. The zero-order chi connectivity index (χ0) is 17.4. The van der Waals surface area contributed by atoms with Gasteiger partial charge < -0.3 is 5.32 Å². The fraction of sp³-hybridized carbons (Fsp3) is 0.385. The van der Waals surface area contributed by atoms with Gasteiger partial charge in [-0.2, -0.15) is 23.4 Å². The molecule has 1 amide bonds. The molecule has 10 heteroatoms. The van der Waals surface area contributed by atoms with Gasteiger partial charge in [-0.25, -0.2) is 5.10 Å². The highest BCUT2D eigenvalue weighted by Crippen LogP contribution is 2.35. The lowest BCUT2D eigenvalue weighted by atomic mass is 10.0. The maximum absolute atomic E-state index is 13.4. The highest BCUT2D eigenvalue weighted by atomic mass is 19.4. The van der Waals surface area contributed by atoms with Crippen LogP contribution in [-0.2, 0) is 7.05 Å². The monoisotopic (exact) mass is 329 g/mol. The molecule has 2 N–H and O–H groups in total. The van der Waals surface area contributed by atoms with Crippen LogP contribution in [0.5, 0.6) is 0 Å². The number of hydrogen-bond donors (Lipinski definition) is 2. The van der Waals surface area contributed by atoms with Crippen molar-refractivity contribution in [2.45, 2.75) is 26.1 Å². The third-order valence-corrected chi connectivity index (χ3v) is 3.38. The number of nitrogens with one attached hydrogen (secondary N) is 2. The van der Waals surface area contributed by atoms with E-state index in [1.54, 1.807) is 0 Å². The quantitative estimate of drug-likeness (QED) is 0.883. The van der Waals surface area contributed by atoms with Crippen LogP contribution >= 0.6 is 0 Å². The molecule has 23 heavy (non-hydrogen) atoms. The van der Waals surface area contributed by atoms with Crippen molar-refractivity contribution < 1.29 is 18.0 Å².